The number of nitrogens with zero attached hydrogens (tertiary/aromatic N) is 1. The molecule has 0 spiro atoms. The van der Waals surface area contributed by atoms with Crippen molar-refractivity contribution in [3.8, 4) is 0 Å². The summed E-state index contributed by atoms with van der Waals surface area (Å²) in [7, 11) is 0. The van der Waals surface area contributed by atoms with Gasteiger partial charge < -0.3 is 5.32 Å². The number of halogens is 3. The molecule has 0 aliphatic heterocycles. The second-order valence-corrected chi connectivity index (χ2v) is 6.61. The molecule has 1 N–H and O–H groups in total. The summed E-state index contributed by atoms with van der Waals surface area (Å²) in [4.78, 5) is 4.50. The van der Waals surface area contributed by atoms with Crippen molar-refractivity contribution in [1.29, 1.82) is 0 Å². The topological polar surface area (TPSA) is 24.9 Å². The lowest BCUT2D eigenvalue weighted by Crippen LogP contribution is -1.88. The molecule has 3 aromatic rings. The molecule has 2 aromatic carbocycles. The normalized spacial score (nSPS) is 10.9. The van der Waals surface area contributed by atoms with Crippen molar-refractivity contribution in [2.24, 2.45) is 0 Å². The number of fused-ring (bicyclic) bond motifs is 1. The lowest BCUT2D eigenvalue weighted by atomic mass is 10.3. The van der Waals surface area contributed by atoms with Crippen LogP contribution in [0.4, 0.5) is 10.8 Å². The number of aromatic nitrogens is 1. The van der Waals surface area contributed by atoms with E-state index in [4.69, 9.17) is 23.2 Å². The smallest absolute Gasteiger partial charge is 0.188 e. The lowest BCUT2D eigenvalue weighted by Gasteiger charge is -2.03. The van der Waals surface area contributed by atoms with Crippen LogP contribution in [0.5, 0.6) is 0 Å². The van der Waals surface area contributed by atoms with Gasteiger partial charge in [0.05, 0.1) is 15.2 Å². The number of benzene rings is 2. The minimum atomic E-state index is 0.682. The van der Waals surface area contributed by atoms with E-state index >= 15 is 0 Å². The summed E-state index contributed by atoms with van der Waals surface area (Å²) in [5, 5.41) is 5.46. The molecule has 19 heavy (non-hydrogen) atoms. The van der Waals surface area contributed by atoms with E-state index in [1.807, 2.05) is 36.4 Å². The minimum absolute atomic E-state index is 0.682. The van der Waals surface area contributed by atoms with Crippen LogP contribution in [-0.4, -0.2) is 4.98 Å². The Morgan fingerprint density at radius 2 is 1.95 bits per heavy atom. The van der Waals surface area contributed by atoms with Gasteiger partial charge in [-0.05, 0) is 52.3 Å². The second kappa shape index (κ2) is 5.29. The Morgan fingerprint density at radius 3 is 2.74 bits per heavy atom. The van der Waals surface area contributed by atoms with Crippen molar-refractivity contribution in [1.82, 2.24) is 4.98 Å². The molecular formula is C13H7BrCl2N2S. The van der Waals surface area contributed by atoms with Gasteiger partial charge in [0.1, 0.15) is 0 Å². The SMILES string of the molecule is Clc1ccc2sc(Nc3ccc(Cl)c(Br)c3)nc2c1. The first-order chi connectivity index (χ1) is 9.11. The Hall–Kier alpha value is -0.810. The van der Waals surface area contributed by atoms with E-state index in [0.717, 1.165) is 25.5 Å². The maximum atomic E-state index is 5.96. The number of thiazole rings is 1. The highest BCUT2D eigenvalue weighted by Gasteiger charge is 2.05. The van der Waals surface area contributed by atoms with E-state index in [0.29, 0.717) is 10.0 Å². The highest BCUT2D eigenvalue weighted by Crippen LogP contribution is 2.32. The quantitative estimate of drug-likeness (QED) is 0.586. The van der Waals surface area contributed by atoms with Crippen LogP contribution in [0.3, 0.4) is 0 Å². The monoisotopic (exact) mass is 372 g/mol. The van der Waals surface area contributed by atoms with Gasteiger partial charge in [0.25, 0.3) is 0 Å². The van der Waals surface area contributed by atoms with E-state index < -0.39 is 0 Å². The van der Waals surface area contributed by atoms with Gasteiger partial charge in [-0.3, -0.25) is 0 Å². The predicted molar refractivity (Wildman–Crippen MR) is 87.1 cm³/mol. The van der Waals surface area contributed by atoms with Crippen LogP contribution in [0, 0.1) is 0 Å². The highest BCUT2D eigenvalue weighted by atomic mass is 79.9. The molecule has 6 heteroatoms. The zero-order valence-electron chi connectivity index (χ0n) is 9.45. The Labute approximate surface area is 132 Å². The largest absolute Gasteiger partial charge is 0.331 e. The summed E-state index contributed by atoms with van der Waals surface area (Å²) in [5.74, 6) is 0. The molecule has 3 rings (SSSR count). The summed E-state index contributed by atoms with van der Waals surface area (Å²) in [6.45, 7) is 0. The average molecular weight is 374 g/mol. The predicted octanol–water partition coefficient (Wildman–Crippen LogP) is 6.11. The Balaban J connectivity index is 1.94. The number of hydrogen-bond donors (Lipinski definition) is 1. The molecule has 0 bridgehead atoms. The molecule has 0 saturated carbocycles. The van der Waals surface area contributed by atoms with Crippen LogP contribution in [0.25, 0.3) is 10.2 Å². The molecule has 0 saturated heterocycles. The van der Waals surface area contributed by atoms with Crippen LogP contribution in [-0.2, 0) is 0 Å². The van der Waals surface area contributed by atoms with E-state index in [9.17, 15) is 0 Å². The molecule has 0 atom stereocenters. The summed E-state index contributed by atoms with van der Waals surface area (Å²) in [5.41, 5.74) is 1.83. The van der Waals surface area contributed by atoms with Crippen molar-refractivity contribution in [3.05, 3.63) is 50.9 Å². The van der Waals surface area contributed by atoms with Gasteiger partial charge in [-0.1, -0.05) is 34.5 Å². The molecule has 0 radical (unpaired) electrons. The number of anilines is 2. The first-order valence-corrected chi connectivity index (χ1v) is 7.76. The summed E-state index contributed by atoms with van der Waals surface area (Å²) >= 11 is 16.9. The number of rotatable bonds is 2. The molecule has 1 heterocycles. The van der Waals surface area contributed by atoms with Crippen LogP contribution in [0.2, 0.25) is 10.0 Å². The van der Waals surface area contributed by atoms with Crippen molar-refractivity contribution in [3.63, 3.8) is 0 Å². The Bertz CT molecular complexity index is 757. The van der Waals surface area contributed by atoms with Crippen molar-refractivity contribution < 1.29 is 0 Å². The van der Waals surface area contributed by atoms with Gasteiger partial charge in [0.15, 0.2) is 5.13 Å². The van der Waals surface area contributed by atoms with Crippen LogP contribution in [0.1, 0.15) is 0 Å². The van der Waals surface area contributed by atoms with Gasteiger partial charge in [-0.15, -0.1) is 0 Å². The van der Waals surface area contributed by atoms with E-state index in [1.54, 1.807) is 11.3 Å². The molecule has 0 unspecified atom stereocenters. The van der Waals surface area contributed by atoms with Crippen LogP contribution >= 0.6 is 50.5 Å². The molecule has 96 valence electrons. The summed E-state index contributed by atoms with van der Waals surface area (Å²) < 4.78 is 1.95. The van der Waals surface area contributed by atoms with Gasteiger partial charge in [0, 0.05) is 15.2 Å². The van der Waals surface area contributed by atoms with E-state index in [1.165, 1.54) is 0 Å². The number of nitrogens with one attached hydrogen (secondary N) is 1. The molecule has 0 amide bonds. The third kappa shape index (κ3) is 2.87. The molecule has 2 nitrogen and oxygen atoms in total. The van der Waals surface area contributed by atoms with E-state index in [2.05, 4.69) is 26.2 Å². The van der Waals surface area contributed by atoms with Crippen molar-refractivity contribution in [2.45, 2.75) is 0 Å². The zero-order valence-corrected chi connectivity index (χ0v) is 13.4. The molecular weight excluding hydrogens is 367 g/mol. The molecule has 0 aliphatic carbocycles. The zero-order chi connectivity index (χ0) is 13.4. The van der Waals surface area contributed by atoms with Crippen molar-refractivity contribution in [2.75, 3.05) is 5.32 Å². The molecule has 0 aliphatic rings. The first-order valence-electron chi connectivity index (χ1n) is 5.40. The maximum absolute atomic E-state index is 5.96. The van der Waals surface area contributed by atoms with Gasteiger partial charge in [-0.25, -0.2) is 4.98 Å². The second-order valence-electron chi connectivity index (χ2n) is 3.88. The standard InChI is InChI=1S/C13H7BrCl2N2S/c14-9-6-8(2-3-10(9)16)17-13-18-11-5-7(15)1-4-12(11)19-13/h1-6H,(H,17,18). The highest BCUT2D eigenvalue weighted by molar-refractivity contribution is 9.10. The Kier molecular flexibility index (Phi) is 3.67. The van der Waals surface area contributed by atoms with E-state index in [-0.39, 0.29) is 0 Å². The average Bonchev–Trinajstić information content (AvgIpc) is 2.75. The lowest BCUT2D eigenvalue weighted by molar-refractivity contribution is 1.44. The van der Waals surface area contributed by atoms with Crippen LogP contribution in [0.15, 0.2) is 40.9 Å². The number of hydrogen-bond acceptors (Lipinski definition) is 3. The fourth-order valence-electron chi connectivity index (χ4n) is 1.65. The van der Waals surface area contributed by atoms with Gasteiger partial charge >= 0.3 is 0 Å². The fourth-order valence-corrected chi connectivity index (χ4v) is 3.18. The minimum Gasteiger partial charge on any atom is -0.331 e. The van der Waals surface area contributed by atoms with Crippen molar-refractivity contribution >= 4 is 71.5 Å². The maximum Gasteiger partial charge on any atom is 0.188 e. The first kappa shape index (κ1) is 13.2. The van der Waals surface area contributed by atoms with Gasteiger partial charge in [0.2, 0.25) is 0 Å². The third-order valence-corrected chi connectivity index (χ3v) is 4.92. The summed E-state index contributed by atoms with van der Waals surface area (Å²) in [6, 6.07) is 11.4. The summed E-state index contributed by atoms with van der Waals surface area (Å²) in [6.07, 6.45) is 0. The van der Waals surface area contributed by atoms with Crippen LogP contribution < -0.4 is 5.32 Å². The third-order valence-electron chi connectivity index (χ3n) is 2.52. The Morgan fingerprint density at radius 1 is 1.11 bits per heavy atom. The van der Waals surface area contributed by atoms with Gasteiger partial charge in [-0.2, -0.15) is 0 Å². The fraction of sp³-hybridized carbons (Fsp3) is 0. The molecule has 1 aromatic heterocycles. The molecule has 0 fully saturated rings.